The maximum Gasteiger partial charge on any atom is 0.148 e. The van der Waals surface area contributed by atoms with Crippen LogP contribution in [0.1, 0.15) is 12.1 Å². The van der Waals surface area contributed by atoms with Crippen LogP contribution in [-0.4, -0.2) is 23.9 Å². The highest BCUT2D eigenvalue weighted by Gasteiger charge is 2.27. The number of fused-ring (bicyclic) bond motifs is 1. The molecule has 0 aliphatic carbocycles. The highest BCUT2D eigenvalue weighted by Crippen LogP contribution is 2.29. The molecule has 0 radical (unpaired) electrons. The van der Waals surface area contributed by atoms with Gasteiger partial charge in [-0.25, -0.2) is 4.98 Å². The third kappa shape index (κ3) is 1.52. The molecule has 0 unspecified atom stereocenters. The standard InChI is InChI=1S/C14H11N3O/c15-8-14-13-2-1-11(7-10(13)3-5-16-14)17-6-4-12(17)9-18/h1-3,5,7,9,12H,4,6H2/t12-/m1/s1. The average molecular weight is 237 g/mol. The molecule has 1 aliphatic heterocycles. The van der Waals surface area contributed by atoms with Crippen molar-refractivity contribution in [3.8, 4) is 6.07 Å². The fourth-order valence-corrected chi connectivity index (χ4v) is 2.30. The Kier molecular flexibility index (Phi) is 2.45. The van der Waals surface area contributed by atoms with E-state index in [0.717, 1.165) is 35.7 Å². The summed E-state index contributed by atoms with van der Waals surface area (Å²) in [4.78, 5) is 16.9. The van der Waals surface area contributed by atoms with Gasteiger partial charge in [-0.2, -0.15) is 5.26 Å². The summed E-state index contributed by atoms with van der Waals surface area (Å²) < 4.78 is 0. The molecule has 2 heterocycles. The van der Waals surface area contributed by atoms with Gasteiger partial charge in [-0.15, -0.1) is 0 Å². The van der Waals surface area contributed by atoms with E-state index in [9.17, 15) is 4.79 Å². The third-order valence-electron chi connectivity index (χ3n) is 3.41. The SMILES string of the molecule is N#Cc1nccc2cc(N3CC[C@@H]3C=O)ccc12. The Bertz CT molecular complexity index is 660. The van der Waals surface area contributed by atoms with Crippen molar-refractivity contribution in [1.82, 2.24) is 4.98 Å². The number of anilines is 1. The van der Waals surface area contributed by atoms with Gasteiger partial charge >= 0.3 is 0 Å². The normalized spacial score (nSPS) is 18.2. The fourth-order valence-electron chi connectivity index (χ4n) is 2.30. The van der Waals surface area contributed by atoms with Crippen molar-refractivity contribution in [2.75, 3.05) is 11.4 Å². The zero-order valence-electron chi connectivity index (χ0n) is 9.71. The van der Waals surface area contributed by atoms with Crippen molar-refractivity contribution in [3.05, 3.63) is 36.2 Å². The second kappa shape index (κ2) is 4.11. The molecule has 4 heteroatoms. The molecular weight excluding hydrogens is 226 g/mol. The molecule has 0 spiro atoms. The van der Waals surface area contributed by atoms with Gasteiger partial charge in [-0.3, -0.25) is 0 Å². The molecule has 4 nitrogen and oxygen atoms in total. The molecule has 1 atom stereocenters. The fraction of sp³-hybridized carbons (Fsp3) is 0.214. The van der Waals surface area contributed by atoms with E-state index in [-0.39, 0.29) is 6.04 Å². The molecule has 0 saturated carbocycles. The van der Waals surface area contributed by atoms with Gasteiger partial charge in [0.25, 0.3) is 0 Å². The number of hydrogen-bond donors (Lipinski definition) is 0. The van der Waals surface area contributed by atoms with Crippen LogP contribution < -0.4 is 4.90 Å². The Morgan fingerprint density at radius 1 is 1.44 bits per heavy atom. The van der Waals surface area contributed by atoms with Gasteiger partial charge < -0.3 is 9.69 Å². The highest BCUT2D eigenvalue weighted by atomic mass is 16.1. The van der Waals surface area contributed by atoms with Crippen molar-refractivity contribution in [2.45, 2.75) is 12.5 Å². The minimum absolute atomic E-state index is 0.000255. The molecule has 88 valence electrons. The first-order valence-electron chi connectivity index (χ1n) is 5.84. The number of aromatic nitrogens is 1. The predicted octanol–water partition coefficient (Wildman–Crippen LogP) is 1.88. The van der Waals surface area contributed by atoms with Gasteiger partial charge in [0.2, 0.25) is 0 Å². The van der Waals surface area contributed by atoms with Crippen molar-refractivity contribution in [1.29, 1.82) is 5.26 Å². The van der Waals surface area contributed by atoms with E-state index >= 15 is 0 Å². The Labute approximate surface area is 104 Å². The first-order valence-corrected chi connectivity index (χ1v) is 5.84. The molecule has 0 bridgehead atoms. The summed E-state index contributed by atoms with van der Waals surface area (Å²) in [5.41, 5.74) is 1.47. The largest absolute Gasteiger partial charge is 0.362 e. The average Bonchev–Trinajstić information content (AvgIpc) is 2.37. The zero-order valence-corrected chi connectivity index (χ0v) is 9.71. The molecule has 1 fully saturated rings. The van der Waals surface area contributed by atoms with Gasteiger partial charge in [-0.05, 0) is 36.1 Å². The summed E-state index contributed by atoms with van der Waals surface area (Å²) in [5.74, 6) is 0. The quantitative estimate of drug-likeness (QED) is 0.748. The smallest absolute Gasteiger partial charge is 0.148 e. The van der Waals surface area contributed by atoms with Crippen LogP contribution in [0, 0.1) is 11.3 Å². The van der Waals surface area contributed by atoms with Crippen LogP contribution in [0.5, 0.6) is 0 Å². The summed E-state index contributed by atoms with van der Waals surface area (Å²) in [6.45, 7) is 0.908. The third-order valence-corrected chi connectivity index (χ3v) is 3.41. The number of benzene rings is 1. The molecular formula is C14H11N3O. The molecule has 0 N–H and O–H groups in total. The number of hydrogen-bond acceptors (Lipinski definition) is 4. The summed E-state index contributed by atoms with van der Waals surface area (Å²) in [5, 5.41) is 10.8. The van der Waals surface area contributed by atoms with Crippen LogP contribution in [0.4, 0.5) is 5.69 Å². The second-order valence-corrected chi connectivity index (χ2v) is 4.36. The van der Waals surface area contributed by atoms with Crippen LogP contribution in [0.2, 0.25) is 0 Å². The van der Waals surface area contributed by atoms with E-state index in [4.69, 9.17) is 5.26 Å². The summed E-state index contributed by atoms with van der Waals surface area (Å²) >= 11 is 0. The van der Waals surface area contributed by atoms with Gasteiger partial charge in [0.15, 0.2) is 0 Å². The van der Waals surface area contributed by atoms with E-state index in [0.29, 0.717) is 5.69 Å². The number of nitriles is 1. The number of carbonyl (C=O) groups is 1. The topological polar surface area (TPSA) is 57.0 Å². The molecule has 3 rings (SSSR count). The van der Waals surface area contributed by atoms with Crippen LogP contribution in [0.15, 0.2) is 30.5 Å². The van der Waals surface area contributed by atoms with Crippen LogP contribution in [0.25, 0.3) is 10.8 Å². The van der Waals surface area contributed by atoms with Gasteiger partial charge in [-0.1, -0.05) is 0 Å². The van der Waals surface area contributed by atoms with E-state index < -0.39 is 0 Å². The number of rotatable bonds is 2. The maximum absolute atomic E-state index is 10.8. The Balaban J connectivity index is 2.07. The van der Waals surface area contributed by atoms with Crippen LogP contribution in [-0.2, 0) is 4.79 Å². The van der Waals surface area contributed by atoms with E-state index in [1.165, 1.54) is 0 Å². The first kappa shape index (κ1) is 10.7. The lowest BCUT2D eigenvalue weighted by molar-refractivity contribution is -0.109. The number of aldehydes is 1. The van der Waals surface area contributed by atoms with E-state index in [1.807, 2.05) is 24.3 Å². The molecule has 0 amide bonds. The van der Waals surface area contributed by atoms with Crippen molar-refractivity contribution >= 4 is 22.7 Å². The van der Waals surface area contributed by atoms with Gasteiger partial charge in [0.1, 0.15) is 18.0 Å². The lowest BCUT2D eigenvalue weighted by atomic mass is 10.0. The number of carbonyl (C=O) groups excluding carboxylic acids is 1. The molecule has 1 aromatic carbocycles. The Morgan fingerprint density at radius 2 is 2.33 bits per heavy atom. The minimum atomic E-state index is -0.000255. The minimum Gasteiger partial charge on any atom is -0.362 e. The van der Waals surface area contributed by atoms with Crippen molar-refractivity contribution < 1.29 is 4.79 Å². The summed E-state index contributed by atoms with van der Waals surface area (Å²) in [6.07, 6.45) is 3.54. The van der Waals surface area contributed by atoms with E-state index in [2.05, 4.69) is 16.0 Å². The molecule has 1 aliphatic rings. The first-order chi connectivity index (χ1) is 8.83. The van der Waals surface area contributed by atoms with Crippen molar-refractivity contribution in [2.24, 2.45) is 0 Å². The van der Waals surface area contributed by atoms with Gasteiger partial charge in [0, 0.05) is 23.8 Å². The molecule has 2 aromatic rings. The van der Waals surface area contributed by atoms with Crippen LogP contribution in [0.3, 0.4) is 0 Å². The van der Waals surface area contributed by atoms with Crippen LogP contribution >= 0.6 is 0 Å². The lowest BCUT2D eigenvalue weighted by Crippen LogP contribution is -2.48. The summed E-state index contributed by atoms with van der Waals surface area (Å²) in [7, 11) is 0. The maximum atomic E-state index is 10.8. The lowest BCUT2D eigenvalue weighted by Gasteiger charge is -2.39. The van der Waals surface area contributed by atoms with E-state index in [1.54, 1.807) is 6.20 Å². The predicted molar refractivity (Wildman–Crippen MR) is 68.3 cm³/mol. The molecule has 1 saturated heterocycles. The second-order valence-electron chi connectivity index (χ2n) is 4.36. The molecule has 1 aromatic heterocycles. The Morgan fingerprint density at radius 3 is 3.00 bits per heavy atom. The number of nitrogens with zero attached hydrogens (tertiary/aromatic N) is 3. The zero-order chi connectivity index (χ0) is 12.5. The van der Waals surface area contributed by atoms with Gasteiger partial charge in [0.05, 0.1) is 6.04 Å². The summed E-state index contributed by atoms with van der Waals surface area (Å²) in [6, 6.07) is 9.82. The monoisotopic (exact) mass is 237 g/mol. The molecule has 18 heavy (non-hydrogen) atoms. The number of pyridine rings is 1. The Hall–Kier alpha value is -2.41. The van der Waals surface area contributed by atoms with Crippen molar-refractivity contribution in [3.63, 3.8) is 0 Å². The highest BCUT2D eigenvalue weighted by molar-refractivity contribution is 5.89.